The fourth-order valence-electron chi connectivity index (χ4n) is 1.96. The molecule has 0 aliphatic rings. The lowest BCUT2D eigenvalue weighted by molar-refractivity contribution is 0.0905. The summed E-state index contributed by atoms with van der Waals surface area (Å²) < 4.78 is 5.66. The van der Waals surface area contributed by atoms with E-state index in [1.165, 1.54) is 6.20 Å². The number of nitrogens with one attached hydrogen (secondary N) is 1. The lowest BCUT2D eigenvalue weighted by Crippen LogP contribution is -2.32. The Hall–Kier alpha value is -2.40. The molecular weight excluding hydrogens is 280 g/mol. The average Bonchev–Trinajstić information content (AvgIpc) is 2.54. The van der Waals surface area contributed by atoms with E-state index >= 15 is 0 Å². The topological polar surface area (TPSA) is 71.5 Å². The van der Waals surface area contributed by atoms with Gasteiger partial charge in [-0.1, -0.05) is 31.5 Å². The van der Waals surface area contributed by atoms with Crippen molar-refractivity contribution < 1.29 is 14.6 Å². The van der Waals surface area contributed by atoms with Crippen LogP contribution in [0.4, 0.5) is 0 Å². The van der Waals surface area contributed by atoms with E-state index in [2.05, 4.69) is 10.3 Å². The van der Waals surface area contributed by atoms with Crippen molar-refractivity contribution in [3.05, 3.63) is 54.4 Å². The van der Waals surface area contributed by atoms with Crippen molar-refractivity contribution in [1.82, 2.24) is 10.3 Å². The summed E-state index contributed by atoms with van der Waals surface area (Å²) in [5, 5.41) is 12.3. The van der Waals surface area contributed by atoms with Crippen LogP contribution in [0.25, 0.3) is 0 Å². The second-order valence-corrected chi connectivity index (χ2v) is 4.94. The third kappa shape index (κ3) is 4.86. The van der Waals surface area contributed by atoms with E-state index in [1.54, 1.807) is 12.1 Å². The maximum absolute atomic E-state index is 12.0. The number of hydrogen-bond donors (Lipinski definition) is 2. The van der Waals surface area contributed by atoms with Crippen LogP contribution in [-0.2, 0) is 0 Å². The standard InChI is InChI=1S/C17H20N2O3/c1-2-6-13(20)12-19-17(21)16-11-15(9-10-18-16)22-14-7-4-3-5-8-14/h3-5,7-11,13,20H,2,6,12H2,1H3,(H,19,21). The van der Waals surface area contributed by atoms with Crippen molar-refractivity contribution in [2.24, 2.45) is 0 Å². The molecule has 1 atom stereocenters. The Labute approximate surface area is 130 Å². The zero-order valence-corrected chi connectivity index (χ0v) is 12.5. The van der Waals surface area contributed by atoms with Gasteiger partial charge in [0.05, 0.1) is 6.10 Å². The Balaban J connectivity index is 1.97. The Kier molecular flexibility index (Phi) is 5.91. The van der Waals surface area contributed by atoms with Crippen molar-refractivity contribution in [3.8, 4) is 11.5 Å². The summed E-state index contributed by atoms with van der Waals surface area (Å²) in [4.78, 5) is 16.0. The van der Waals surface area contributed by atoms with Gasteiger partial charge >= 0.3 is 0 Å². The minimum Gasteiger partial charge on any atom is -0.457 e. The molecule has 116 valence electrons. The van der Waals surface area contributed by atoms with E-state index in [4.69, 9.17) is 4.74 Å². The highest BCUT2D eigenvalue weighted by Gasteiger charge is 2.11. The Morgan fingerprint density at radius 2 is 2.05 bits per heavy atom. The van der Waals surface area contributed by atoms with Crippen LogP contribution in [-0.4, -0.2) is 28.6 Å². The summed E-state index contributed by atoms with van der Waals surface area (Å²) in [7, 11) is 0. The molecule has 5 nitrogen and oxygen atoms in total. The van der Waals surface area contributed by atoms with Crippen molar-refractivity contribution in [2.45, 2.75) is 25.9 Å². The molecule has 1 aromatic carbocycles. The number of carbonyl (C=O) groups is 1. The first kappa shape index (κ1) is 16.0. The van der Waals surface area contributed by atoms with Crippen molar-refractivity contribution >= 4 is 5.91 Å². The number of amides is 1. The van der Waals surface area contributed by atoms with Gasteiger partial charge in [-0.25, -0.2) is 0 Å². The fourth-order valence-corrected chi connectivity index (χ4v) is 1.96. The van der Waals surface area contributed by atoms with Gasteiger partial charge in [0.15, 0.2) is 0 Å². The van der Waals surface area contributed by atoms with Gasteiger partial charge in [0.1, 0.15) is 17.2 Å². The van der Waals surface area contributed by atoms with Gasteiger partial charge in [-0.3, -0.25) is 9.78 Å². The highest BCUT2D eigenvalue weighted by atomic mass is 16.5. The molecule has 1 amide bonds. The molecule has 0 saturated heterocycles. The number of pyridine rings is 1. The van der Waals surface area contributed by atoms with Crippen molar-refractivity contribution in [2.75, 3.05) is 6.54 Å². The molecule has 2 aromatic rings. The predicted octanol–water partition coefficient (Wildman–Crippen LogP) is 2.76. The average molecular weight is 300 g/mol. The van der Waals surface area contributed by atoms with Gasteiger partial charge in [-0.15, -0.1) is 0 Å². The van der Waals surface area contributed by atoms with Crippen molar-refractivity contribution in [1.29, 1.82) is 0 Å². The lowest BCUT2D eigenvalue weighted by atomic mass is 10.2. The van der Waals surface area contributed by atoms with Crippen LogP contribution in [0.3, 0.4) is 0 Å². The second-order valence-electron chi connectivity index (χ2n) is 4.94. The van der Waals surface area contributed by atoms with E-state index in [1.807, 2.05) is 37.3 Å². The normalized spacial score (nSPS) is 11.7. The van der Waals surface area contributed by atoms with E-state index in [0.29, 0.717) is 17.9 Å². The number of aromatic nitrogens is 1. The summed E-state index contributed by atoms with van der Waals surface area (Å²) in [6, 6.07) is 12.6. The summed E-state index contributed by atoms with van der Waals surface area (Å²) >= 11 is 0. The molecule has 0 saturated carbocycles. The number of ether oxygens (including phenoxy) is 1. The molecule has 1 heterocycles. The molecule has 1 unspecified atom stereocenters. The molecule has 0 radical (unpaired) electrons. The van der Waals surface area contributed by atoms with Crippen LogP contribution in [0.5, 0.6) is 11.5 Å². The zero-order chi connectivity index (χ0) is 15.8. The molecule has 2 N–H and O–H groups in total. The molecule has 0 fully saturated rings. The van der Waals surface area contributed by atoms with Crippen LogP contribution >= 0.6 is 0 Å². The molecule has 0 aliphatic carbocycles. The SMILES string of the molecule is CCCC(O)CNC(=O)c1cc(Oc2ccccc2)ccn1. The number of aliphatic hydroxyl groups is 1. The quantitative estimate of drug-likeness (QED) is 0.825. The molecule has 2 rings (SSSR count). The number of para-hydroxylation sites is 1. The maximum Gasteiger partial charge on any atom is 0.270 e. The van der Waals surface area contributed by atoms with E-state index < -0.39 is 6.10 Å². The predicted molar refractivity (Wildman–Crippen MR) is 84.0 cm³/mol. The van der Waals surface area contributed by atoms with Gasteiger partial charge in [-0.05, 0) is 24.6 Å². The van der Waals surface area contributed by atoms with Crippen molar-refractivity contribution in [3.63, 3.8) is 0 Å². The molecule has 0 spiro atoms. The van der Waals surface area contributed by atoms with Gasteiger partial charge in [0, 0.05) is 18.8 Å². The van der Waals surface area contributed by atoms with Crippen LogP contribution in [0, 0.1) is 0 Å². The summed E-state index contributed by atoms with van der Waals surface area (Å²) in [6.07, 6.45) is 2.52. The monoisotopic (exact) mass is 300 g/mol. The first-order valence-electron chi connectivity index (χ1n) is 7.34. The molecule has 1 aromatic heterocycles. The molecule has 5 heteroatoms. The largest absolute Gasteiger partial charge is 0.457 e. The highest BCUT2D eigenvalue weighted by molar-refractivity contribution is 5.92. The second kappa shape index (κ2) is 8.14. The molecular formula is C17H20N2O3. The first-order chi connectivity index (χ1) is 10.7. The zero-order valence-electron chi connectivity index (χ0n) is 12.5. The Morgan fingerprint density at radius 1 is 1.27 bits per heavy atom. The number of rotatable bonds is 7. The summed E-state index contributed by atoms with van der Waals surface area (Å²) in [5.41, 5.74) is 0.261. The van der Waals surface area contributed by atoms with Gasteiger partial charge in [-0.2, -0.15) is 0 Å². The van der Waals surface area contributed by atoms with Crippen LogP contribution in [0.15, 0.2) is 48.7 Å². The minimum atomic E-state index is -0.530. The number of hydrogen-bond acceptors (Lipinski definition) is 4. The lowest BCUT2D eigenvalue weighted by Gasteiger charge is -2.11. The maximum atomic E-state index is 12.0. The highest BCUT2D eigenvalue weighted by Crippen LogP contribution is 2.20. The van der Waals surface area contributed by atoms with Gasteiger partial charge in [0.25, 0.3) is 5.91 Å². The van der Waals surface area contributed by atoms with Gasteiger partial charge < -0.3 is 15.2 Å². The Bertz CT molecular complexity index is 602. The van der Waals surface area contributed by atoms with E-state index in [-0.39, 0.29) is 18.1 Å². The Morgan fingerprint density at radius 3 is 2.77 bits per heavy atom. The number of nitrogens with zero attached hydrogens (tertiary/aromatic N) is 1. The van der Waals surface area contributed by atoms with Crippen LogP contribution < -0.4 is 10.1 Å². The number of aliphatic hydroxyl groups excluding tert-OH is 1. The summed E-state index contributed by atoms with van der Waals surface area (Å²) in [6.45, 7) is 2.20. The third-order valence-corrected chi connectivity index (χ3v) is 3.06. The van der Waals surface area contributed by atoms with Crippen LogP contribution in [0.2, 0.25) is 0 Å². The van der Waals surface area contributed by atoms with Crippen LogP contribution in [0.1, 0.15) is 30.3 Å². The molecule has 22 heavy (non-hydrogen) atoms. The number of benzene rings is 1. The van der Waals surface area contributed by atoms with Gasteiger partial charge in [0.2, 0.25) is 0 Å². The smallest absolute Gasteiger partial charge is 0.270 e. The molecule has 0 bridgehead atoms. The first-order valence-corrected chi connectivity index (χ1v) is 7.34. The minimum absolute atomic E-state index is 0.220. The summed E-state index contributed by atoms with van der Waals surface area (Å²) in [5.74, 6) is 0.910. The molecule has 0 aliphatic heterocycles. The number of carbonyl (C=O) groups excluding carboxylic acids is 1. The third-order valence-electron chi connectivity index (χ3n) is 3.06. The van der Waals surface area contributed by atoms with E-state index in [0.717, 1.165) is 6.42 Å². The fraction of sp³-hybridized carbons (Fsp3) is 0.294. The van der Waals surface area contributed by atoms with E-state index in [9.17, 15) is 9.90 Å².